The largest absolute Gasteiger partial charge is 0.478 e. The van der Waals surface area contributed by atoms with Crippen LogP contribution in [-0.2, 0) is 0 Å². The number of hydrogen-bond acceptors (Lipinski definition) is 6. The van der Waals surface area contributed by atoms with Gasteiger partial charge in [-0.25, -0.2) is 29.1 Å². The van der Waals surface area contributed by atoms with Gasteiger partial charge in [-0.05, 0) is 95.1 Å². The third kappa shape index (κ3) is 7.34. The van der Waals surface area contributed by atoms with Crippen molar-refractivity contribution in [1.29, 1.82) is 0 Å². The molecule has 7 aromatic rings. The van der Waals surface area contributed by atoms with Crippen molar-refractivity contribution in [3.63, 3.8) is 0 Å². The molecule has 5 aromatic carbocycles. The van der Waals surface area contributed by atoms with Crippen molar-refractivity contribution in [3.05, 3.63) is 168 Å². The maximum Gasteiger partial charge on any atom is 0.335 e. The second-order valence-electron chi connectivity index (χ2n) is 12.4. The first-order valence-electron chi connectivity index (χ1n) is 16.5. The lowest BCUT2D eigenvalue weighted by molar-refractivity contribution is 0.0686. The maximum absolute atomic E-state index is 11.5. The molecule has 0 radical (unpaired) electrons. The first-order valence-corrected chi connectivity index (χ1v) is 16.5. The van der Waals surface area contributed by atoms with E-state index in [1.807, 2.05) is 48.5 Å². The maximum atomic E-state index is 11.5. The summed E-state index contributed by atoms with van der Waals surface area (Å²) in [5.74, 6) is -4.15. The van der Waals surface area contributed by atoms with E-state index in [2.05, 4.69) is 0 Å². The Labute approximate surface area is 307 Å². The smallest absolute Gasteiger partial charge is 0.335 e. The highest BCUT2D eigenvalue weighted by Gasteiger charge is 2.14. The fourth-order valence-electron chi connectivity index (χ4n) is 5.98. The number of pyridine rings is 2. The molecule has 2 heterocycles. The minimum Gasteiger partial charge on any atom is -0.478 e. The van der Waals surface area contributed by atoms with Gasteiger partial charge in [0.25, 0.3) is 0 Å². The number of hydrogen-bond donors (Lipinski definition) is 4. The molecular weight excluding hydrogens is 684 g/mol. The minimum absolute atomic E-state index is 0.145. The highest BCUT2D eigenvalue weighted by molar-refractivity contribution is 5.91. The number of carboxylic acids is 4. The zero-order valence-corrected chi connectivity index (χ0v) is 28.2. The van der Waals surface area contributed by atoms with Crippen molar-refractivity contribution in [3.8, 4) is 67.3 Å². The van der Waals surface area contributed by atoms with Gasteiger partial charge in [0.05, 0.1) is 45.0 Å². The Hall–Kier alpha value is -7.72. The SMILES string of the molecule is O=C(O)c1ccc(-c2cc(-c3ccc(-c4cc(-c5ccc(C(=O)O)cc5)nc(-c5ccc(C(=O)O)cc5)c4)cc3)cc(-c3ccc(C(=O)O)cc3)n2)cc1. The number of benzene rings is 5. The highest BCUT2D eigenvalue weighted by Crippen LogP contribution is 2.34. The van der Waals surface area contributed by atoms with E-state index in [1.54, 1.807) is 48.5 Å². The van der Waals surface area contributed by atoms with Crippen molar-refractivity contribution in [2.75, 3.05) is 0 Å². The van der Waals surface area contributed by atoms with Crippen LogP contribution >= 0.6 is 0 Å². The fourth-order valence-corrected chi connectivity index (χ4v) is 5.98. The molecule has 7 rings (SSSR count). The van der Waals surface area contributed by atoms with E-state index < -0.39 is 23.9 Å². The topological polar surface area (TPSA) is 175 Å². The van der Waals surface area contributed by atoms with Crippen LogP contribution in [0.3, 0.4) is 0 Å². The lowest BCUT2D eigenvalue weighted by atomic mass is 9.96. The van der Waals surface area contributed by atoms with Gasteiger partial charge in [-0.15, -0.1) is 0 Å². The molecule has 0 unspecified atom stereocenters. The van der Waals surface area contributed by atoms with Gasteiger partial charge in [-0.1, -0.05) is 72.8 Å². The Morgan fingerprint density at radius 2 is 0.463 bits per heavy atom. The first-order chi connectivity index (χ1) is 26.0. The second-order valence-corrected chi connectivity index (χ2v) is 12.4. The fraction of sp³-hybridized carbons (Fsp3) is 0. The zero-order valence-electron chi connectivity index (χ0n) is 28.2. The van der Waals surface area contributed by atoms with Crippen LogP contribution < -0.4 is 0 Å². The number of nitrogens with zero attached hydrogens (tertiary/aromatic N) is 2. The van der Waals surface area contributed by atoms with Crippen LogP contribution in [0.2, 0.25) is 0 Å². The monoisotopic (exact) mass is 712 g/mol. The molecule has 0 aliphatic heterocycles. The zero-order chi connectivity index (χ0) is 37.9. The molecule has 0 spiro atoms. The first kappa shape index (κ1) is 34.7. The van der Waals surface area contributed by atoms with Gasteiger partial charge in [0.1, 0.15) is 0 Å². The Balaban J connectivity index is 1.30. The molecule has 0 saturated heterocycles. The van der Waals surface area contributed by atoms with E-state index in [1.165, 1.54) is 48.5 Å². The van der Waals surface area contributed by atoms with Gasteiger partial charge < -0.3 is 20.4 Å². The van der Waals surface area contributed by atoms with Gasteiger partial charge >= 0.3 is 23.9 Å². The molecule has 0 aliphatic rings. The number of rotatable bonds is 10. The standard InChI is InChI=1S/C44H28N2O8/c47-41(48)31-13-5-27(6-14-31)37-21-35(22-38(45-37)28-7-15-32(16-8-28)42(49)50)25-1-2-26(4-3-25)36-23-39(29-9-17-33(18-10-29)43(51)52)46-40(24-36)30-11-19-34(20-12-30)44(53)54/h1-24H,(H,47,48)(H,49,50)(H,51,52)(H,53,54). The Morgan fingerprint density at radius 1 is 0.278 bits per heavy atom. The molecule has 0 saturated carbocycles. The van der Waals surface area contributed by atoms with E-state index in [9.17, 15) is 39.6 Å². The van der Waals surface area contributed by atoms with Crippen molar-refractivity contribution in [2.24, 2.45) is 0 Å². The molecule has 0 aliphatic carbocycles. The van der Waals surface area contributed by atoms with Crippen LogP contribution in [0.4, 0.5) is 0 Å². The molecule has 0 atom stereocenters. The summed E-state index contributed by atoms with van der Waals surface area (Å²) in [6, 6.07) is 41.1. The van der Waals surface area contributed by atoms with E-state index in [0.29, 0.717) is 45.0 Å². The summed E-state index contributed by atoms with van der Waals surface area (Å²) in [6.45, 7) is 0. The lowest BCUT2D eigenvalue weighted by Crippen LogP contribution is -1.97. The summed E-state index contributed by atoms with van der Waals surface area (Å²) >= 11 is 0. The van der Waals surface area contributed by atoms with Crippen molar-refractivity contribution >= 4 is 23.9 Å². The van der Waals surface area contributed by atoms with Crippen LogP contribution in [0.15, 0.2) is 146 Å². The molecule has 0 amide bonds. The van der Waals surface area contributed by atoms with Crippen molar-refractivity contribution in [2.45, 2.75) is 0 Å². The molecule has 4 N–H and O–H groups in total. The number of aromatic carboxylic acids is 4. The molecule has 0 bridgehead atoms. The Kier molecular flexibility index (Phi) is 9.31. The molecule has 0 fully saturated rings. The molecule has 54 heavy (non-hydrogen) atoms. The van der Waals surface area contributed by atoms with Crippen molar-refractivity contribution < 1.29 is 39.6 Å². The van der Waals surface area contributed by atoms with Crippen LogP contribution in [-0.4, -0.2) is 54.3 Å². The third-order valence-corrected chi connectivity index (χ3v) is 8.91. The summed E-state index contributed by atoms with van der Waals surface area (Å²) in [5, 5.41) is 37.6. The normalized spacial score (nSPS) is 10.8. The number of carboxylic acid groups (broad SMARTS) is 4. The average Bonchev–Trinajstić information content (AvgIpc) is 3.20. The van der Waals surface area contributed by atoms with Gasteiger partial charge in [-0.2, -0.15) is 0 Å². The summed E-state index contributed by atoms with van der Waals surface area (Å²) in [7, 11) is 0. The Bertz CT molecular complexity index is 2230. The predicted octanol–water partition coefficient (Wildman–Crippen LogP) is 9.27. The van der Waals surface area contributed by atoms with Crippen LogP contribution in [0, 0.1) is 0 Å². The van der Waals surface area contributed by atoms with E-state index in [4.69, 9.17) is 9.97 Å². The van der Waals surface area contributed by atoms with Crippen LogP contribution in [0.1, 0.15) is 41.4 Å². The van der Waals surface area contributed by atoms with E-state index >= 15 is 0 Å². The van der Waals surface area contributed by atoms with Gasteiger partial charge in [0, 0.05) is 22.3 Å². The van der Waals surface area contributed by atoms with Gasteiger partial charge in [0.15, 0.2) is 0 Å². The van der Waals surface area contributed by atoms with Crippen LogP contribution in [0.5, 0.6) is 0 Å². The molecule has 10 heteroatoms. The summed E-state index contributed by atoms with van der Waals surface area (Å²) in [6.07, 6.45) is 0. The lowest BCUT2D eigenvalue weighted by Gasteiger charge is -2.13. The Morgan fingerprint density at radius 3 is 0.648 bits per heavy atom. The molecule has 2 aromatic heterocycles. The summed E-state index contributed by atoms with van der Waals surface area (Å²) in [5.41, 5.74) is 9.11. The third-order valence-electron chi connectivity index (χ3n) is 8.91. The van der Waals surface area contributed by atoms with Crippen LogP contribution in [0.25, 0.3) is 67.3 Å². The molecule has 262 valence electrons. The predicted molar refractivity (Wildman–Crippen MR) is 202 cm³/mol. The summed E-state index contributed by atoms with van der Waals surface area (Å²) < 4.78 is 0. The second kappa shape index (κ2) is 14.5. The van der Waals surface area contributed by atoms with Gasteiger partial charge in [0.2, 0.25) is 0 Å². The highest BCUT2D eigenvalue weighted by atomic mass is 16.4. The van der Waals surface area contributed by atoms with Crippen molar-refractivity contribution in [1.82, 2.24) is 9.97 Å². The average molecular weight is 713 g/mol. The molecule has 10 nitrogen and oxygen atoms in total. The minimum atomic E-state index is -1.04. The van der Waals surface area contributed by atoms with E-state index in [0.717, 1.165) is 22.3 Å². The van der Waals surface area contributed by atoms with E-state index in [-0.39, 0.29) is 22.3 Å². The summed E-state index contributed by atoms with van der Waals surface area (Å²) in [4.78, 5) is 55.6. The number of carbonyl (C=O) groups is 4. The molecular formula is C44H28N2O8. The quantitative estimate of drug-likeness (QED) is 0.107. The number of aromatic nitrogens is 2. The van der Waals surface area contributed by atoms with Gasteiger partial charge in [-0.3, -0.25) is 0 Å².